The van der Waals surface area contributed by atoms with Crippen molar-refractivity contribution in [1.29, 1.82) is 0 Å². The van der Waals surface area contributed by atoms with Crippen LogP contribution in [-0.4, -0.2) is 62.2 Å². The SMILES string of the molecule is CC(C)c1ccc(S(=O)N2CCCN(CC3=Nc4n[nH]c(=O)c5cccc(c45)N3)CC2)cc1. The molecule has 3 aromatic rings. The fraction of sp³-hybridized carbons (Fsp3) is 0.375. The van der Waals surface area contributed by atoms with E-state index in [0.29, 0.717) is 23.7 Å². The highest BCUT2D eigenvalue weighted by Crippen LogP contribution is 2.31. The van der Waals surface area contributed by atoms with Crippen molar-refractivity contribution in [3.05, 3.63) is 58.4 Å². The van der Waals surface area contributed by atoms with Crippen molar-refractivity contribution < 1.29 is 4.21 Å². The molecule has 9 heteroatoms. The zero-order valence-electron chi connectivity index (χ0n) is 18.9. The molecule has 1 fully saturated rings. The molecule has 0 aliphatic carbocycles. The van der Waals surface area contributed by atoms with Crippen molar-refractivity contribution in [1.82, 2.24) is 19.4 Å². The number of nitrogens with zero attached hydrogens (tertiary/aromatic N) is 4. The number of nitrogens with one attached hydrogen (secondary N) is 2. The van der Waals surface area contributed by atoms with Crippen LogP contribution in [0.1, 0.15) is 31.7 Å². The monoisotopic (exact) mass is 464 g/mol. The Bertz CT molecular complexity index is 1280. The summed E-state index contributed by atoms with van der Waals surface area (Å²) >= 11 is 0. The van der Waals surface area contributed by atoms with E-state index in [2.05, 4.69) is 55.7 Å². The van der Waals surface area contributed by atoms with Crippen LogP contribution in [0, 0.1) is 0 Å². The maximum absolute atomic E-state index is 13.1. The zero-order valence-corrected chi connectivity index (χ0v) is 19.7. The second-order valence-corrected chi connectivity index (χ2v) is 10.3. The first-order valence-electron chi connectivity index (χ1n) is 11.3. The van der Waals surface area contributed by atoms with Gasteiger partial charge in [0.05, 0.1) is 27.9 Å². The fourth-order valence-corrected chi connectivity index (χ4v) is 5.58. The van der Waals surface area contributed by atoms with E-state index < -0.39 is 11.0 Å². The maximum Gasteiger partial charge on any atom is 0.272 e. The van der Waals surface area contributed by atoms with E-state index in [1.54, 1.807) is 6.07 Å². The number of rotatable bonds is 5. The average Bonchev–Trinajstić information content (AvgIpc) is 3.06. The summed E-state index contributed by atoms with van der Waals surface area (Å²) in [6.45, 7) is 8.18. The molecule has 1 aromatic heterocycles. The highest BCUT2D eigenvalue weighted by Gasteiger charge is 2.23. The molecular formula is C24H28N6O2S. The fourth-order valence-electron chi connectivity index (χ4n) is 4.37. The molecule has 5 rings (SSSR count). The molecule has 0 saturated carbocycles. The van der Waals surface area contributed by atoms with E-state index in [1.807, 2.05) is 24.3 Å². The van der Waals surface area contributed by atoms with Crippen LogP contribution in [0.4, 0.5) is 11.5 Å². The molecule has 172 valence electrons. The third-order valence-electron chi connectivity index (χ3n) is 6.22. The number of aliphatic imine (C=N–C) groups is 1. The molecule has 3 heterocycles. The summed E-state index contributed by atoms with van der Waals surface area (Å²) < 4.78 is 15.2. The van der Waals surface area contributed by atoms with Gasteiger partial charge in [0.25, 0.3) is 5.56 Å². The molecule has 0 bridgehead atoms. The van der Waals surface area contributed by atoms with Gasteiger partial charge in [0.2, 0.25) is 0 Å². The Hall–Kier alpha value is -2.88. The smallest absolute Gasteiger partial charge is 0.272 e. The maximum atomic E-state index is 13.1. The minimum absolute atomic E-state index is 0.212. The van der Waals surface area contributed by atoms with Gasteiger partial charge in [0.15, 0.2) is 5.82 Å². The summed E-state index contributed by atoms with van der Waals surface area (Å²) in [5.74, 6) is 1.80. The summed E-state index contributed by atoms with van der Waals surface area (Å²) in [6.07, 6.45) is 0.931. The number of anilines is 1. The van der Waals surface area contributed by atoms with Crippen LogP contribution in [0.15, 0.2) is 57.1 Å². The molecule has 1 saturated heterocycles. The van der Waals surface area contributed by atoms with Crippen molar-refractivity contribution in [3.63, 3.8) is 0 Å². The molecule has 8 nitrogen and oxygen atoms in total. The van der Waals surface area contributed by atoms with Gasteiger partial charge in [0, 0.05) is 19.6 Å². The van der Waals surface area contributed by atoms with Gasteiger partial charge in [-0.15, -0.1) is 0 Å². The first kappa shape index (κ1) is 21.9. The topological polar surface area (TPSA) is 93.7 Å². The van der Waals surface area contributed by atoms with E-state index in [4.69, 9.17) is 0 Å². The van der Waals surface area contributed by atoms with Gasteiger partial charge in [-0.3, -0.25) is 9.69 Å². The molecule has 2 aromatic carbocycles. The lowest BCUT2D eigenvalue weighted by atomic mass is 10.0. The van der Waals surface area contributed by atoms with Crippen LogP contribution in [0.25, 0.3) is 10.8 Å². The second-order valence-electron chi connectivity index (χ2n) is 8.82. The Balaban J connectivity index is 1.26. The van der Waals surface area contributed by atoms with Crippen molar-refractivity contribution >= 4 is 39.1 Å². The summed E-state index contributed by atoms with van der Waals surface area (Å²) in [4.78, 5) is 19.9. The molecule has 2 N–H and O–H groups in total. The zero-order chi connectivity index (χ0) is 22.9. The van der Waals surface area contributed by atoms with E-state index in [0.717, 1.165) is 54.4 Å². The number of H-pyrrole nitrogens is 1. The molecule has 1 unspecified atom stereocenters. The average molecular weight is 465 g/mol. The number of aromatic amines is 1. The van der Waals surface area contributed by atoms with Crippen molar-refractivity contribution in [2.75, 3.05) is 38.0 Å². The highest BCUT2D eigenvalue weighted by atomic mass is 32.2. The second kappa shape index (κ2) is 9.17. The molecule has 0 spiro atoms. The third kappa shape index (κ3) is 4.48. The standard InChI is InChI=1S/C24H28N6O2S/c1-16(2)17-7-9-18(10-8-17)33(32)30-12-4-11-29(13-14-30)15-21-25-20-6-3-5-19-22(20)23(26-21)27-28-24(19)31/h3,5-10,16H,4,11-15H2,1-2H3,(H,28,31)(H,25,26,27). The first-order chi connectivity index (χ1) is 16.0. The van der Waals surface area contributed by atoms with E-state index in [1.165, 1.54) is 5.56 Å². The Kier molecular flexibility index (Phi) is 6.09. The number of hydrogen-bond acceptors (Lipinski definition) is 6. The Morgan fingerprint density at radius 3 is 2.67 bits per heavy atom. The van der Waals surface area contributed by atoms with Crippen LogP contribution >= 0.6 is 0 Å². The van der Waals surface area contributed by atoms with E-state index in [9.17, 15) is 9.00 Å². The van der Waals surface area contributed by atoms with Gasteiger partial charge < -0.3 is 5.32 Å². The number of hydrogen-bond donors (Lipinski definition) is 2. The normalized spacial score (nSPS) is 18.1. The van der Waals surface area contributed by atoms with Gasteiger partial charge in [-0.2, -0.15) is 5.10 Å². The molecular weight excluding hydrogens is 436 g/mol. The minimum atomic E-state index is -1.16. The van der Waals surface area contributed by atoms with Crippen molar-refractivity contribution in [2.24, 2.45) is 4.99 Å². The number of amidine groups is 1. The van der Waals surface area contributed by atoms with Crippen LogP contribution in [0.5, 0.6) is 0 Å². The van der Waals surface area contributed by atoms with Crippen LogP contribution in [-0.2, 0) is 11.0 Å². The van der Waals surface area contributed by atoms with Gasteiger partial charge in [-0.1, -0.05) is 32.0 Å². The van der Waals surface area contributed by atoms with Gasteiger partial charge >= 0.3 is 0 Å². The predicted octanol–water partition coefficient (Wildman–Crippen LogP) is 3.23. The minimum Gasteiger partial charge on any atom is -0.342 e. The Morgan fingerprint density at radius 1 is 1.06 bits per heavy atom. The Morgan fingerprint density at radius 2 is 1.88 bits per heavy atom. The lowest BCUT2D eigenvalue weighted by Gasteiger charge is -2.24. The van der Waals surface area contributed by atoms with E-state index >= 15 is 0 Å². The Labute approximate surface area is 195 Å². The van der Waals surface area contributed by atoms with Crippen LogP contribution in [0.2, 0.25) is 0 Å². The van der Waals surface area contributed by atoms with Gasteiger partial charge in [-0.25, -0.2) is 18.6 Å². The molecule has 0 amide bonds. The summed E-state index contributed by atoms with van der Waals surface area (Å²) in [5.41, 5.74) is 1.90. The lowest BCUT2D eigenvalue weighted by molar-refractivity contribution is 0.326. The largest absolute Gasteiger partial charge is 0.342 e. The van der Waals surface area contributed by atoms with Gasteiger partial charge in [-0.05, 0) is 48.7 Å². The molecule has 2 aliphatic heterocycles. The molecule has 0 radical (unpaired) electrons. The lowest BCUT2D eigenvalue weighted by Crippen LogP contribution is -2.37. The van der Waals surface area contributed by atoms with Crippen molar-refractivity contribution in [2.45, 2.75) is 31.1 Å². The number of benzene rings is 2. The van der Waals surface area contributed by atoms with Crippen molar-refractivity contribution in [3.8, 4) is 0 Å². The van der Waals surface area contributed by atoms with Gasteiger partial charge in [0.1, 0.15) is 16.8 Å². The summed E-state index contributed by atoms with van der Waals surface area (Å²) in [7, 11) is -1.16. The summed E-state index contributed by atoms with van der Waals surface area (Å²) in [6, 6.07) is 13.7. The molecule has 2 aliphatic rings. The first-order valence-corrected chi connectivity index (χ1v) is 12.5. The quantitative estimate of drug-likeness (QED) is 0.605. The van der Waals surface area contributed by atoms with Crippen LogP contribution in [0.3, 0.4) is 0 Å². The van der Waals surface area contributed by atoms with E-state index in [-0.39, 0.29) is 5.56 Å². The number of aromatic nitrogens is 2. The summed E-state index contributed by atoms with van der Waals surface area (Å²) in [5, 5.41) is 11.4. The predicted molar refractivity (Wildman–Crippen MR) is 133 cm³/mol. The van der Waals surface area contributed by atoms with Crippen LogP contribution < -0.4 is 10.9 Å². The molecule has 33 heavy (non-hydrogen) atoms. The highest BCUT2D eigenvalue weighted by molar-refractivity contribution is 7.82. The molecule has 1 atom stereocenters. The third-order valence-corrected chi connectivity index (χ3v) is 7.73.